The van der Waals surface area contributed by atoms with Crippen LogP contribution in [0.2, 0.25) is 5.15 Å². The summed E-state index contributed by atoms with van der Waals surface area (Å²) in [5.74, 6) is -0.733. The van der Waals surface area contributed by atoms with Crippen molar-refractivity contribution in [2.45, 2.75) is 18.9 Å². The van der Waals surface area contributed by atoms with Crippen LogP contribution >= 0.6 is 43.5 Å². The lowest BCUT2D eigenvalue weighted by molar-refractivity contribution is 0.0952. The van der Waals surface area contributed by atoms with Gasteiger partial charge in [0.25, 0.3) is 11.8 Å². The molecule has 0 atom stereocenters. The smallest absolute Gasteiger partial charge is 0.276 e. The maximum absolute atomic E-state index is 13.5. The molecule has 0 spiro atoms. The van der Waals surface area contributed by atoms with E-state index >= 15 is 0 Å². The van der Waals surface area contributed by atoms with Gasteiger partial charge in [-0.25, -0.2) is 9.97 Å². The van der Waals surface area contributed by atoms with Gasteiger partial charge in [-0.15, -0.1) is 0 Å². The van der Waals surface area contributed by atoms with Gasteiger partial charge in [0.1, 0.15) is 5.15 Å². The van der Waals surface area contributed by atoms with E-state index in [0.29, 0.717) is 31.5 Å². The molecule has 7 nitrogen and oxygen atoms in total. The molecule has 5 rings (SSSR count). The van der Waals surface area contributed by atoms with Crippen molar-refractivity contribution < 1.29 is 9.59 Å². The first-order valence-electron chi connectivity index (χ1n) is 10.1. The molecule has 33 heavy (non-hydrogen) atoms. The number of pyridine rings is 1. The maximum Gasteiger partial charge on any atom is 0.276 e. The predicted octanol–water partition coefficient (Wildman–Crippen LogP) is 5.72. The number of carbonyl (C=O) groups excluding carboxylic acids is 2. The van der Waals surface area contributed by atoms with Gasteiger partial charge >= 0.3 is 0 Å². The molecule has 2 N–H and O–H groups in total. The van der Waals surface area contributed by atoms with Crippen LogP contribution in [0.3, 0.4) is 0 Å². The Hall–Kier alpha value is -2.75. The molecular weight excluding hydrogens is 574 g/mol. The van der Waals surface area contributed by atoms with Crippen molar-refractivity contribution in [1.82, 2.24) is 19.7 Å². The minimum absolute atomic E-state index is 0.150. The van der Waals surface area contributed by atoms with Crippen LogP contribution in [0, 0.1) is 0 Å². The van der Waals surface area contributed by atoms with Crippen LogP contribution in [0.5, 0.6) is 0 Å². The highest BCUT2D eigenvalue weighted by molar-refractivity contribution is 9.11. The predicted molar refractivity (Wildman–Crippen MR) is 134 cm³/mol. The third-order valence-electron chi connectivity index (χ3n) is 5.25. The van der Waals surface area contributed by atoms with E-state index in [1.165, 1.54) is 0 Å². The molecular formula is C23H16Br2ClN5O2. The molecule has 0 aliphatic heterocycles. The molecule has 10 heteroatoms. The molecule has 4 aromatic rings. The Morgan fingerprint density at radius 1 is 1.09 bits per heavy atom. The summed E-state index contributed by atoms with van der Waals surface area (Å²) in [5.41, 5.74) is 2.73. The Morgan fingerprint density at radius 3 is 2.67 bits per heavy atom. The lowest BCUT2D eigenvalue weighted by Gasteiger charge is -2.16. The molecule has 1 aromatic carbocycles. The normalized spacial score (nSPS) is 13.2. The second-order valence-electron chi connectivity index (χ2n) is 7.61. The van der Waals surface area contributed by atoms with Crippen molar-refractivity contribution in [3.63, 3.8) is 0 Å². The van der Waals surface area contributed by atoms with Gasteiger partial charge in [0.05, 0.1) is 28.7 Å². The van der Waals surface area contributed by atoms with Crippen molar-refractivity contribution in [2.75, 3.05) is 5.32 Å². The Balaban J connectivity index is 1.59. The van der Waals surface area contributed by atoms with Gasteiger partial charge in [-0.2, -0.15) is 0 Å². The summed E-state index contributed by atoms with van der Waals surface area (Å²) in [6.07, 6.45) is 6.94. The number of benzene rings is 1. The highest BCUT2D eigenvalue weighted by atomic mass is 79.9. The van der Waals surface area contributed by atoms with E-state index in [-0.39, 0.29) is 22.8 Å². The standard InChI is InChI=1S/C23H16Br2ClN5O2/c24-12-9-16(22(32)29-13-5-6-13)18(17(25)10-12)30-23(33)19-20(15-4-1-7-27-21(15)26)31-8-2-3-14(31)11-28-19/h1-4,7-11,13H,5-6H2,(H,29,32)(H,30,33). The fraction of sp³-hybridized carbons (Fsp3) is 0.130. The van der Waals surface area contributed by atoms with Crippen molar-refractivity contribution >= 4 is 66.5 Å². The van der Waals surface area contributed by atoms with Crippen LogP contribution in [0.4, 0.5) is 5.69 Å². The van der Waals surface area contributed by atoms with Gasteiger partial charge in [-0.3, -0.25) is 9.59 Å². The molecule has 2 amide bonds. The van der Waals surface area contributed by atoms with E-state index in [1.54, 1.807) is 36.7 Å². The number of carbonyl (C=O) groups is 2. The number of nitrogens with zero attached hydrogens (tertiary/aromatic N) is 3. The van der Waals surface area contributed by atoms with E-state index in [0.717, 1.165) is 18.4 Å². The third kappa shape index (κ3) is 4.40. The summed E-state index contributed by atoms with van der Waals surface area (Å²) in [6, 6.07) is 10.9. The maximum atomic E-state index is 13.5. The van der Waals surface area contributed by atoms with Gasteiger partial charge in [-0.05, 0) is 65.2 Å². The zero-order chi connectivity index (χ0) is 23.1. The van der Waals surface area contributed by atoms with Gasteiger partial charge in [0.15, 0.2) is 5.69 Å². The summed E-state index contributed by atoms with van der Waals surface area (Å²) in [5, 5.41) is 6.10. The second-order valence-corrected chi connectivity index (χ2v) is 9.74. The van der Waals surface area contributed by atoms with Crippen LogP contribution in [0.25, 0.3) is 16.8 Å². The number of hydrogen-bond donors (Lipinski definition) is 2. The summed E-state index contributed by atoms with van der Waals surface area (Å²) in [4.78, 5) is 35.0. The minimum Gasteiger partial charge on any atom is -0.349 e. The molecule has 166 valence electrons. The molecule has 1 fully saturated rings. The van der Waals surface area contributed by atoms with Gasteiger partial charge in [0.2, 0.25) is 0 Å². The zero-order valence-corrected chi connectivity index (χ0v) is 20.9. The topological polar surface area (TPSA) is 88.4 Å². The molecule has 0 bridgehead atoms. The fourth-order valence-electron chi connectivity index (χ4n) is 3.54. The van der Waals surface area contributed by atoms with Crippen LogP contribution in [0.15, 0.2) is 63.9 Å². The van der Waals surface area contributed by atoms with Crippen LogP contribution in [0.1, 0.15) is 33.7 Å². The lowest BCUT2D eigenvalue weighted by atomic mass is 10.1. The monoisotopic (exact) mass is 587 g/mol. The summed E-state index contributed by atoms with van der Waals surface area (Å²) >= 11 is 13.3. The number of amides is 2. The number of fused-ring (bicyclic) bond motifs is 1. The van der Waals surface area contributed by atoms with Crippen LogP contribution in [-0.2, 0) is 0 Å². The fourth-order valence-corrected chi connectivity index (χ4v) is 5.07. The molecule has 1 aliphatic carbocycles. The highest BCUT2D eigenvalue weighted by Gasteiger charge is 2.27. The first kappa shape index (κ1) is 22.1. The quantitative estimate of drug-likeness (QED) is 0.292. The van der Waals surface area contributed by atoms with Crippen molar-refractivity contribution in [3.05, 3.63) is 80.3 Å². The number of aromatic nitrogens is 3. The Labute approximate surface area is 210 Å². The van der Waals surface area contributed by atoms with E-state index in [2.05, 4.69) is 52.5 Å². The number of halogens is 3. The van der Waals surface area contributed by atoms with Crippen LogP contribution < -0.4 is 10.6 Å². The van der Waals surface area contributed by atoms with Crippen molar-refractivity contribution in [2.24, 2.45) is 0 Å². The van der Waals surface area contributed by atoms with Crippen LogP contribution in [-0.4, -0.2) is 32.2 Å². The second kappa shape index (κ2) is 8.89. The number of hydrogen-bond acceptors (Lipinski definition) is 4. The highest BCUT2D eigenvalue weighted by Crippen LogP contribution is 2.34. The molecule has 0 saturated heterocycles. The molecule has 0 radical (unpaired) electrons. The minimum atomic E-state index is -0.482. The largest absolute Gasteiger partial charge is 0.349 e. The molecule has 1 saturated carbocycles. The van der Waals surface area contributed by atoms with E-state index < -0.39 is 5.91 Å². The third-order valence-corrected chi connectivity index (χ3v) is 6.64. The average molecular weight is 590 g/mol. The average Bonchev–Trinajstić information content (AvgIpc) is 3.47. The molecule has 0 unspecified atom stereocenters. The lowest BCUT2D eigenvalue weighted by Crippen LogP contribution is -2.27. The Bertz CT molecular complexity index is 1420. The van der Waals surface area contributed by atoms with E-state index in [9.17, 15) is 9.59 Å². The summed E-state index contributed by atoms with van der Waals surface area (Å²) < 4.78 is 3.11. The SMILES string of the molecule is O=C(NC1CC1)c1cc(Br)cc(Br)c1NC(=O)c1ncc2cccn2c1-c1cccnc1Cl. The zero-order valence-electron chi connectivity index (χ0n) is 17.0. The molecule has 3 heterocycles. The number of rotatable bonds is 5. The Morgan fingerprint density at radius 2 is 1.91 bits per heavy atom. The summed E-state index contributed by atoms with van der Waals surface area (Å²) in [6.45, 7) is 0. The number of nitrogens with one attached hydrogen (secondary N) is 2. The first-order chi connectivity index (χ1) is 15.9. The van der Waals surface area contributed by atoms with Gasteiger partial charge in [0, 0.05) is 32.9 Å². The molecule has 1 aliphatic rings. The summed E-state index contributed by atoms with van der Waals surface area (Å²) in [7, 11) is 0. The van der Waals surface area contributed by atoms with Crippen molar-refractivity contribution in [1.29, 1.82) is 0 Å². The van der Waals surface area contributed by atoms with E-state index in [1.807, 2.05) is 22.7 Å². The van der Waals surface area contributed by atoms with Gasteiger partial charge < -0.3 is 15.0 Å². The van der Waals surface area contributed by atoms with Crippen molar-refractivity contribution in [3.8, 4) is 11.3 Å². The number of anilines is 1. The van der Waals surface area contributed by atoms with Gasteiger partial charge in [-0.1, -0.05) is 27.5 Å². The molecule has 3 aromatic heterocycles. The van der Waals surface area contributed by atoms with E-state index in [4.69, 9.17) is 11.6 Å². The Kier molecular flexibility index (Phi) is 5.94. The first-order valence-corrected chi connectivity index (χ1v) is 12.1.